The van der Waals surface area contributed by atoms with Crippen LogP contribution in [-0.4, -0.2) is 19.8 Å². The van der Waals surface area contributed by atoms with Gasteiger partial charge in [-0.3, -0.25) is 0 Å². The van der Waals surface area contributed by atoms with Gasteiger partial charge in [-0.2, -0.15) is 9.61 Å². The minimum absolute atomic E-state index is 0.0149. The summed E-state index contributed by atoms with van der Waals surface area (Å²) in [7, 11) is 0. The molecule has 1 aromatic carbocycles. The Hall–Kier alpha value is -1.94. The lowest BCUT2D eigenvalue weighted by Gasteiger charge is -2.21. The molecule has 2 aromatic heterocycles. The third-order valence-electron chi connectivity index (χ3n) is 3.21. The molecule has 0 atom stereocenters. The molecule has 3 aromatic rings. The quantitative estimate of drug-likeness (QED) is 0.684. The Labute approximate surface area is 122 Å². The van der Waals surface area contributed by atoms with E-state index in [2.05, 4.69) is 42.1 Å². The summed E-state index contributed by atoms with van der Waals surface area (Å²) in [5.74, 6) is 0.716. The van der Waals surface area contributed by atoms with E-state index in [1.165, 1.54) is 5.56 Å². The fourth-order valence-corrected chi connectivity index (χ4v) is 2.41. The number of rotatable bonds is 1. The van der Waals surface area contributed by atoms with Crippen molar-refractivity contribution in [1.82, 2.24) is 19.8 Å². The van der Waals surface area contributed by atoms with Crippen molar-refractivity contribution in [2.45, 2.75) is 26.2 Å². The van der Waals surface area contributed by atoms with E-state index >= 15 is 0 Å². The maximum atomic E-state index is 5.98. The third kappa shape index (κ3) is 2.16. The lowest BCUT2D eigenvalue weighted by Crippen LogP contribution is -2.13. The van der Waals surface area contributed by atoms with Gasteiger partial charge in [0.15, 0.2) is 11.5 Å². The first-order valence-corrected chi connectivity index (χ1v) is 6.82. The van der Waals surface area contributed by atoms with Crippen molar-refractivity contribution < 1.29 is 0 Å². The third-order valence-corrected chi connectivity index (χ3v) is 3.41. The zero-order valence-corrected chi connectivity index (χ0v) is 12.4. The Morgan fingerprint density at radius 2 is 1.75 bits per heavy atom. The maximum absolute atomic E-state index is 5.98. The van der Waals surface area contributed by atoms with Gasteiger partial charge >= 0.3 is 0 Å². The van der Waals surface area contributed by atoms with Crippen molar-refractivity contribution in [1.29, 1.82) is 0 Å². The van der Waals surface area contributed by atoms with Gasteiger partial charge in [-0.25, -0.2) is 0 Å². The summed E-state index contributed by atoms with van der Waals surface area (Å²) in [4.78, 5) is 0. The average Bonchev–Trinajstić information content (AvgIpc) is 2.80. The Balaban J connectivity index is 2.29. The Bertz CT molecular complexity index is 771. The zero-order chi connectivity index (χ0) is 14.3. The van der Waals surface area contributed by atoms with Crippen molar-refractivity contribution in [2.75, 3.05) is 0 Å². The van der Waals surface area contributed by atoms with Crippen LogP contribution in [0.3, 0.4) is 0 Å². The minimum Gasteiger partial charge on any atom is -0.191 e. The van der Waals surface area contributed by atoms with Gasteiger partial charge in [-0.1, -0.05) is 56.6 Å². The normalized spacial score (nSPS) is 12.0. The second kappa shape index (κ2) is 4.56. The molecule has 0 amide bonds. The van der Waals surface area contributed by atoms with E-state index in [4.69, 9.17) is 11.6 Å². The number of benzene rings is 1. The molecule has 102 valence electrons. The highest BCUT2D eigenvalue weighted by molar-refractivity contribution is 6.29. The van der Waals surface area contributed by atoms with Gasteiger partial charge in [0, 0.05) is 5.56 Å². The van der Waals surface area contributed by atoms with E-state index in [1.807, 2.05) is 24.3 Å². The van der Waals surface area contributed by atoms with Crippen LogP contribution >= 0.6 is 11.6 Å². The fraction of sp³-hybridized carbons (Fsp3) is 0.267. The average molecular weight is 287 g/mol. The molecule has 0 fully saturated rings. The molecule has 0 saturated carbocycles. The summed E-state index contributed by atoms with van der Waals surface area (Å²) in [6.07, 6.45) is 0. The lowest BCUT2D eigenvalue weighted by molar-refractivity contribution is 0.591. The highest BCUT2D eigenvalue weighted by Crippen LogP contribution is 2.31. The van der Waals surface area contributed by atoms with Gasteiger partial charge in [0.05, 0.1) is 0 Å². The second-order valence-electron chi connectivity index (χ2n) is 5.75. The highest BCUT2D eigenvalue weighted by atomic mass is 35.5. The number of hydrogen-bond donors (Lipinski definition) is 0. The summed E-state index contributed by atoms with van der Waals surface area (Å²) in [6, 6.07) is 11.7. The van der Waals surface area contributed by atoms with Gasteiger partial charge < -0.3 is 0 Å². The van der Waals surface area contributed by atoms with Crippen LogP contribution in [0, 0.1) is 0 Å². The Kier molecular flexibility index (Phi) is 2.98. The van der Waals surface area contributed by atoms with E-state index in [9.17, 15) is 0 Å². The molecular formula is C15H15ClN4. The molecule has 5 heteroatoms. The summed E-state index contributed by atoms with van der Waals surface area (Å²) in [5.41, 5.74) is 2.94. The van der Waals surface area contributed by atoms with Crippen LogP contribution in [0.1, 0.15) is 26.3 Å². The first-order chi connectivity index (χ1) is 9.47. The van der Waals surface area contributed by atoms with Gasteiger partial charge in [0.25, 0.3) is 0 Å². The number of nitrogens with zero attached hydrogens (tertiary/aromatic N) is 4. The van der Waals surface area contributed by atoms with Crippen LogP contribution < -0.4 is 0 Å². The summed E-state index contributed by atoms with van der Waals surface area (Å²) >= 11 is 5.98. The van der Waals surface area contributed by atoms with Crippen molar-refractivity contribution >= 4 is 17.2 Å². The van der Waals surface area contributed by atoms with Crippen LogP contribution in [0.4, 0.5) is 0 Å². The fourth-order valence-electron chi connectivity index (χ4n) is 2.27. The molecule has 0 saturated heterocycles. The number of aromatic nitrogens is 4. The molecule has 0 aliphatic rings. The van der Waals surface area contributed by atoms with Gasteiger partial charge in [-0.15, -0.1) is 10.2 Å². The van der Waals surface area contributed by atoms with Crippen molar-refractivity contribution in [3.05, 3.63) is 47.1 Å². The van der Waals surface area contributed by atoms with Crippen LogP contribution in [0.2, 0.25) is 5.15 Å². The van der Waals surface area contributed by atoms with E-state index < -0.39 is 0 Å². The van der Waals surface area contributed by atoms with Gasteiger partial charge in [0.2, 0.25) is 0 Å². The molecule has 0 aliphatic carbocycles. The highest BCUT2D eigenvalue weighted by Gasteiger charge is 2.21. The SMILES string of the molecule is CC(C)(C)c1ccccc1-c1nnc2ccc(Cl)nn12. The topological polar surface area (TPSA) is 43.1 Å². The molecule has 0 aliphatic heterocycles. The standard InChI is InChI=1S/C15H15ClN4/c1-15(2,3)11-7-5-4-6-10(11)14-18-17-13-9-8-12(16)19-20(13)14/h4-9H,1-3H3. The van der Waals surface area contributed by atoms with E-state index in [0.717, 1.165) is 5.56 Å². The van der Waals surface area contributed by atoms with Crippen LogP contribution in [-0.2, 0) is 5.41 Å². The molecule has 0 radical (unpaired) electrons. The van der Waals surface area contributed by atoms with Crippen LogP contribution in [0.25, 0.3) is 17.0 Å². The van der Waals surface area contributed by atoms with E-state index in [1.54, 1.807) is 10.6 Å². The van der Waals surface area contributed by atoms with Crippen molar-refractivity contribution in [2.24, 2.45) is 0 Å². The minimum atomic E-state index is 0.0149. The number of hydrogen-bond acceptors (Lipinski definition) is 3. The van der Waals surface area contributed by atoms with Crippen molar-refractivity contribution in [3.8, 4) is 11.4 Å². The van der Waals surface area contributed by atoms with Gasteiger partial charge in [0.1, 0.15) is 5.15 Å². The summed E-state index contributed by atoms with van der Waals surface area (Å²) in [6.45, 7) is 6.53. The van der Waals surface area contributed by atoms with Crippen LogP contribution in [0.15, 0.2) is 36.4 Å². The zero-order valence-electron chi connectivity index (χ0n) is 11.6. The predicted octanol–water partition coefficient (Wildman–Crippen LogP) is 3.74. The molecule has 4 nitrogen and oxygen atoms in total. The number of fused-ring (bicyclic) bond motifs is 1. The van der Waals surface area contributed by atoms with E-state index in [-0.39, 0.29) is 5.41 Å². The molecular weight excluding hydrogens is 272 g/mol. The first kappa shape index (κ1) is 13.1. The first-order valence-electron chi connectivity index (χ1n) is 6.45. The number of halogens is 1. The Morgan fingerprint density at radius 1 is 1.00 bits per heavy atom. The molecule has 20 heavy (non-hydrogen) atoms. The predicted molar refractivity (Wildman–Crippen MR) is 79.9 cm³/mol. The summed E-state index contributed by atoms with van der Waals surface area (Å²) < 4.78 is 1.69. The molecule has 0 N–H and O–H groups in total. The largest absolute Gasteiger partial charge is 0.191 e. The lowest BCUT2D eigenvalue weighted by atomic mass is 9.83. The van der Waals surface area contributed by atoms with Crippen LogP contribution in [0.5, 0.6) is 0 Å². The molecule has 0 bridgehead atoms. The maximum Gasteiger partial charge on any atom is 0.185 e. The monoisotopic (exact) mass is 286 g/mol. The van der Waals surface area contributed by atoms with Crippen molar-refractivity contribution in [3.63, 3.8) is 0 Å². The molecule has 0 unspecified atom stereocenters. The second-order valence-corrected chi connectivity index (χ2v) is 6.13. The summed E-state index contributed by atoms with van der Waals surface area (Å²) in [5, 5.41) is 13.1. The molecule has 3 rings (SSSR count). The molecule has 0 spiro atoms. The van der Waals surface area contributed by atoms with E-state index in [0.29, 0.717) is 16.6 Å². The molecule has 2 heterocycles. The Morgan fingerprint density at radius 3 is 2.50 bits per heavy atom. The smallest absolute Gasteiger partial charge is 0.185 e. The van der Waals surface area contributed by atoms with Gasteiger partial charge in [-0.05, 0) is 23.1 Å².